The van der Waals surface area contributed by atoms with Crippen molar-refractivity contribution in [3.63, 3.8) is 0 Å². The van der Waals surface area contributed by atoms with Gasteiger partial charge in [0.25, 0.3) is 11.8 Å². The first-order chi connectivity index (χ1) is 12.8. The molecule has 144 valence electrons. The van der Waals surface area contributed by atoms with E-state index in [4.69, 9.17) is 16.3 Å². The number of benzene rings is 1. The maximum absolute atomic E-state index is 12.2. The van der Waals surface area contributed by atoms with Crippen LogP contribution in [0.25, 0.3) is 10.1 Å². The summed E-state index contributed by atoms with van der Waals surface area (Å²) in [6, 6.07) is 7.30. The van der Waals surface area contributed by atoms with Crippen LogP contribution in [-0.2, 0) is 19.1 Å². The highest BCUT2D eigenvalue weighted by molar-refractivity contribution is 7.21. The predicted molar refractivity (Wildman–Crippen MR) is 102 cm³/mol. The Morgan fingerprint density at radius 3 is 2.48 bits per heavy atom. The summed E-state index contributed by atoms with van der Waals surface area (Å²) in [5, 5.41) is 5.82. The van der Waals surface area contributed by atoms with E-state index in [1.807, 2.05) is 18.2 Å². The SMILES string of the molecule is CN(C)C(=O)CNC(=O)COC(=O)CNC(=O)c1sc2ccccc2c1Cl. The number of rotatable bonds is 7. The zero-order valence-electron chi connectivity index (χ0n) is 14.7. The molecule has 2 N–H and O–H groups in total. The third-order valence-electron chi connectivity index (χ3n) is 3.43. The van der Waals surface area contributed by atoms with Crippen LogP contribution >= 0.6 is 22.9 Å². The van der Waals surface area contributed by atoms with E-state index in [-0.39, 0.29) is 12.5 Å². The van der Waals surface area contributed by atoms with Crippen molar-refractivity contribution in [2.45, 2.75) is 0 Å². The zero-order chi connectivity index (χ0) is 20.0. The number of carbonyl (C=O) groups is 4. The van der Waals surface area contributed by atoms with Crippen LogP contribution in [0.15, 0.2) is 24.3 Å². The topological polar surface area (TPSA) is 105 Å². The van der Waals surface area contributed by atoms with Crippen LogP contribution in [0, 0.1) is 0 Å². The second kappa shape index (κ2) is 9.33. The van der Waals surface area contributed by atoms with E-state index < -0.39 is 30.9 Å². The molecule has 0 fully saturated rings. The molecule has 0 spiro atoms. The molecule has 0 atom stereocenters. The Bertz CT molecular complexity index is 881. The molecule has 0 aliphatic carbocycles. The van der Waals surface area contributed by atoms with Crippen molar-refractivity contribution in [3.05, 3.63) is 34.2 Å². The summed E-state index contributed by atoms with van der Waals surface area (Å²) in [5.74, 6) is -2.19. The summed E-state index contributed by atoms with van der Waals surface area (Å²) in [4.78, 5) is 48.3. The summed E-state index contributed by atoms with van der Waals surface area (Å²) < 4.78 is 5.61. The number of ether oxygens (including phenoxy) is 1. The zero-order valence-corrected chi connectivity index (χ0v) is 16.3. The Kier molecular flexibility index (Phi) is 7.14. The molecule has 2 rings (SSSR count). The quantitative estimate of drug-likeness (QED) is 0.662. The molecule has 0 aliphatic heterocycles. The molecule has 3 amide bonds. The van der Waals surface area contributed by atoms with Gasteiger partial charge < -0.3 is 20.3 Å². The molecule has 27 heavy (non-hydrogen) atoms. The fourth-order valence-electron chi connectivity index (χ4n) is 1.97. The van der Waals surface area contributed by atoms with E-state index in [2.05, 4.69) is 10.6 Å². The van der Waals surface area contributed by atoms with E-state index in [9.17, 15) is 19.2 Å². The highest BCUT2D eigenvalue weighted by Crippen LogP contribution is 2.34. The van der Waals surface area contributed by atoms with Crippen molar-refractivity contribution >= 4 is 56.7 Å². The largest absolute Gasteiger partial charge is 0.454 e. The molecule has 0 saturated heterocycles. The van der Waals surface area contributed by atoms with Crippen LogP contribution in [0.3, 0.4) is 0 Å². The smallest absolute Gasteiger partial charge is 0.325 e. The van der Waals surface area contributed by atoms with Gasteiger partial charge in [-0.3, -0.25) is 19.2 Å². The molecular formula is C17H18ClN3O5S. The number of likely N-dealkylation sites (N-methyl/N-ethyl adjacent to an activating group) is 1. The van der Waals surface area contributed by atoms with E-state index in [1.54, 1.807) is 20.2 Å². The average molecular weight is 412 g/mol. The van der Waals surface area contributed by atoms with Crippen molar-refractivity contribution in [1.82, 2.24) is 15.5 Å². The minimum absolute atomic E-state index is 0.190. The second-order valence-corrected chi connectivity index (χ2v) is 7.08. The van der Waals surface area contributed by atoms with Crippen molar-refractivity contribution in [1.29, 1.82) is 0 Å². The minimum atomic E-state index is -0.783. The van der Waals surface area contributed by atoms with Gasteiger partial charge >= 0.3 is 5.97 Å². The number of hydrogen-bond acceptors (Lipinski definition) is 6. The normalized spacial score (nSPS) is 10.3. The van der Waals surface area contributed by atoms with Crippen LogP contribution in [0.4, 0.5) is 0 Å². The van der Waals surface area contributed by atoms with Gasteiger partial charge in [-0.2, -0.15) is 0 Å². The summed E-state index contributed by atoms with van der Waals surface area (Å²) >= 11 is 7.42. The lowest BCUT2D eigenvalue weighted by atomic mass is 10.2. The molecule has 0 bridgehead atoms. The highest BCUT2D eigenvalue weighted by atomic mass is 35.5. The predicted octanol–water partition coefficient (Wildman–Crippen LogP) is 1.03. The van der Waals surface area contributed by atoms with Crippen LogP contribution in [0.1, 0.15) is 9.67 Å². The van der Waals surface area contributed by atoms with Gasteiger partial charge in [0.15, 0.2) is 6.61 Å². The molecule has 0 saturated carbocycles. The number of hydrogen-bond donors (Lipinski definition) is 2. The van der Waals surface area contributed by atoms with Crippen LogP contribution < -0.4 is 10.6 Å². The number of fused-ring (bicyclic) bond motifs is 1. The molecule has 0 aliphatic rings. The third kappa shape index (κ3) is 5.66. The summed E-state index contributed by atoms with van der Waals surface area (Å²) in [7, 11) is 3.11. The lowest BCUT2D eigenvalue weighted by molar-refractivity contribution is -0.147. The van der Waals surface area contributed by atoms with Gasteiger partial charge in [-0.05, 0) is 6.07 Å². The Balaban J connectivity index is 1.78. The first-order valence-electron chi connectivity index (χ1n) is 7.87. The third-order valence-corrected chi connectivity index (χ3v) is 5.11. The Hall–Kier alpha value is -2.65. The Morgan fingerprint density at radius 1 is 1.11 bits per heavy atom. The molecule has 0 unspecified atom stereocenters. The number of nitrogens with one attached hydrogen (secondary N) is 2. The molecule has 8 nitrogen and oxygen atoms in total. The van der Waals surface area contributed by atoms with E-state index >= 15 is 0 Å². The molecule has 1 aromatic carbocycles. The van der Waals surface area contributed by atoms with Gasteiger partial charge in [0.05, 0.1) is 11.6 Å². The number of nitrogens with zero attached hydrogens (tertiary/aromatic N) is 1. The molecular weight excluding hydrogens is 394 g/mol. The molecule has 10 heteroatoms. The fraction of sp³-hybridized carbons (Fsp3) is 0.294. The number of esters is 1. The van der Waals surface area contributed by atoms with Crippen molar-refractivity contribution in [2.75, 3.05) is 33.8 Å². The van der Waals surface area contributed by atoms with E-state index in [0.29, 0.717) is 9.90 Å². The molecule has 1 aromatic heterocycles. The molecule has 0 radical (unpaired) electrons. The lowest BCUT2D eigenvalue weighted by Gasteiger charge is -2.11. The number of thiophene rings is 1. The van der Waals surface area contributed by atoms with Crippen molar-refractivity contribution in [2.24, 2.45) is 0 Å². The first kappa shape index (κ1) is 20.7. The van der Waals surface area contributed by atoms with Gasteiger partial charge in [-0.1, -0.05) is 29.8 Å². The van der Waals surface area contributed by atoms with Crippen LogP contribution in [0.2, 0.25) is 5.02 Å². The minimum Gasteiger partial charge on any atom is -0.454 e. The summed E-state index contributed by atoms with van der Waals surface area (Å²) in [5.41, 5.74) is 0. The van der Waals surface area contributed by atoms with Crippen LogP contribution in [0.5, 0.6) is 0 Å². The maximum Gasteiger partial charge on any atom is 0.325 e. The standard InChI is InChI=1S/C17H18ClN3O5S/c1-21(2)13(23)7-19-12(22)9-26-14(24)8-20-17(25)16-15(18)10-5-3-4-6-11(10)27-16/h3-6H,7-9H2,1-2H3,(H,19,22)(H,20,25). The molecule has 2 aromatic rings. The van der Waals surface area contributed by atoms with Gasteiger partial charge in [0.1, 0.15) is 11.4 Å². The first-order valence-corrected chi connectivity index (χ1v) is 9.06. The number of halogens is 1. The van der Waals surface area contributed by atoms with E-state index in [1.165, 1.54) is 16.2 Å². The van der Waals surface area contributed by atoms with Gasteiger partial charge in [-0.15, -0.1) is 11.3 Å². The Labute approximate surface area is 164 Å². The molecule has 1 heterocycles. The Morgan fingerprint density at radius 2 is 1.81 bits per heavy atom. The average Bonchev–Trinajstić information content (AvgIpc) is 2.99. The van der Waals surface area contributed by atoms with E-state index in [0.717, 1.165) is 10.1 Å². The van der Waals surface area contributed by atoms with Crippen molar-refractivity contribution < 1.29 is 23.9 Å². The number of carbonyl (C=O) groups excluding carboxylic acids is 4. The fourth-order valence-corrected chi connectivity index (χ4v) is 3.41. The van der Waals surface area contributed by atoms with Gasteiger partial charge in [0.2, 0.25) is 5.91 Å². The van der Waals surface area contributed by atoms with Gasteiger partial charge in [0, 0.05) is 24.2 Å². The van der Waals surface area contributed by atoms with Gasteiger partial charge in [-0.25, -0.2) is 0 Å². The number of amides is 3. The highest BCUT2D eigenvalue weighted by Gasteiger charge is 2.18. The summed E-state index contributed by atoms with van der Waals surface area (Å²) in [6.45, 7) is -1.14. The second-order valence-electron chi connectivity index (χ2n) is 5.65. The monoisotopic (exact) mass is 411 g/mol. The van der Waals surface area contributed by atoms with Crippen LogP contribution in [-0.4, -0.2) is 62.4 Å². The van der Waals surface area contributed by atoms with Crippen molar-refractivity contribution in [3.8, 4) is 0 Å². The summed E-state index contributed by atoms with van der Waals surface area (Å²) in [6.07, 6.45) is 0. The maximum atomic E-state index is 12.2. The lowest BCUT2D eigenvalue weighted by Crippen LogP contribution is -2.39.